The van der Waals surface area contributed by atoms with Crippen LogP contribution in [0.15, 0.2) is 30.3 Å². The third kappa shape index (κ3) is 4.03. The Morgan fingerprint density at radius 1 is 1.14 bits per heavy atom. The van der Waals surface area contributed by atoms with E-state index in [0.29, 0.717) is 22.7 Å². The lowest BCUT2D eigenvalue weighted by Crippen LogP contribution is -2.31. The highest BCUT2D eigenvalue weighted by molar-refractivity contribution is 5.99. The van der Waals surface area contributed by atoms with Crippen molar-refractivity contribution in [3.63, 3.8) is 0 Å². The van der Waals surface area contributed by atoms with E-state index in [4.69, 9.17) is 15.2 Å². The Labute approximate surface area is 164 Å². The molecule has 0 spiro atoms. The summed E-state index contributed by atoms with van der Waals surface area (Å²) in [7, 11) is 2.96. The predicted octanol–water partition coefficient (Wildman–Crippen LogP) is 3.05. The van der Waals surface area contributed by atoms with Crippen LogP contribution in [0.5, 0.6) is 11.5 Å². The van der Waals surface area contributed by atoms with Gasteiger partial charge in [-0.25, -0.2) is 0 Å². The van der Waals surface area contributed by atoms with Gasteiger partial charge in [0.2, 0.25) is 5.91 Å². The number of hydrogen-bond donors (Lipinski definition) is 3. The van der Waals surface area contributed by atoms with Crippen LogP contribution in [0.4, 0.5) is 11.4 Å². The molecule has 0 aliphatic heterocycles. The van der Waals surface area contributed by atoms with Crippen molar-refractivity contribution in [2.24, 2.45) is 0 Å². The van der Waals surface area contributed by atoms with Crippen molar-refractivity contribution in [2.75, 3.05) is 25.3 Å². The van der Waals surface area contributed by atoms with Crippen molar-refractivity contribution in [2.45, 2.75) is 32.2 Å². The molecule has 0 heterocycles. The maximum absolute atomic E-state index is 13.0. The van der Waals surface area contributed by atoms with Gasteiger partial charge in [0.25, 0.3) is 5.91 Å². The molecule has 0 saturated heterocycles. The van der Waals surface area contributed by atoms with Crippen LogP contribution >= 0.6 is 0 Å². The summed E-state index contributed by atoms with van der Waals surface area (Å²) in [6.07, 6.45) is 2.79. The Kier molecular flexibility index (Phi) is 5.73. The number of fused-ring (bicyclic) bond motifs is 1. The molecule has 1 atom stereocenters. The molecule has 2 amide bonds. The fourth-order valence-electron chi connectivity index (χ4n) is 3.60. The van der Waals surface area contributed by atoms with Crippen molar-refractivity contribution in [3.05, 3.63) is 47.0 Å². The second-order valence-electron chi connectivity index (χ2n) is 6.82. The van der Waals surface area contributed by atoms with E-state index < -0.39 is 0 Å². The van der Waals surface area contributed by atoms with Gasteiger partial charge in [0.15, 0.2) is 11.5 Å². The molecule has 1 aliphatic carbocycles. The summed E-state index contributed by atoms with van der Waals surface area (Å²) in [5.41, 5.74) is 9.64. The number of hydrogen-bond acceptors (Lipinski definition) is 5. The van der Waals surface area contributed by atoms with E-state index in [1.807, 2.05) is 18.2 Å². The number of amides is 2. The Hall–Kier alpha value is -3.22. The molecule has 4 N–H and O–H groups in total. The van der Waals surface area contributed by atoms with Crippen LogP contribution in [0.2, 0.25) is 0 Å². The van der Waals surface area contributed by atoms with Gasteiger partial charge >= 0.3 is 0 Å². The summed E-state index contributed by atoms with van der Waals surface area (Å²) in [4.78, 5) is 24.5. The zero-order valence-electron chi connectivity index (χ0n) is 16.3. The van der Waals surface area contributed by atoms with E-state index in [1.165, 1.54) is 26.7 Å². The van der Waals surface area contributed by atoms with Crippen molar-refractivity contribution in [3.8, 4) is 11.5 Å². The quantitative estimate of drug-likeness (QED) is 0.689. The first kappa shape index (κ1) is 19.5. The summed E-state index contributed by atoms with van der Waals surface area (Å²) in [6.45, 7) is 1.39. The van der Waals surface area contributed by atoms with Crippen LogP contribution in [-0.4, -0.2) is 26.0 Å². The number of aryl methyl sites for hydroxylation is 1. The lowest BCUT2D eigenvalue weighted by Gasteiger charge is -2.27. The number of nitrogens with one attached hydrogen (secondary N) is 2. The summed E-state index contributed by atoms with van der Waals surface area (Å²) in [5, 5.41) is 5.77. The molecule has 0 radical (unpaired) electrons. The summed E-state index contributed by atoms with van der Waals surface area (Å²) in [5.74, 6) is 0.224. The van der Waals surface area contributed by atoms with Gasteiger partial charge in [-0.3, -0.25) is 9.59 Å². The van der Waals surface area contributed by atoms with Gasteiger partial charge in [0, 0.05) is 18.2 Å². The SMILES string of the molecule is COc1cc(C(=O)NC2CCCc3cc(N)ccc32)cc(NC(C)=O)c1OC. The molecular formula is C21H25N3O4. The Bertz CT molecular complexity index is 911. The highest BCUT2D eigenvalue weighted by Gasteiger charge is 2.24. The standard InChI is InChI=1S/C21H25N3O4/c1-12(25)23-18-10-14(11-19(27-2)20(18)28-3)21(26)24-17-6-4-5-13-9-15(22)7-8-16(13)17/h7-11,17H,4-6,22H2,1-3H3,(H,23,25)(H,24,26). The maximum atomic E-state index is 13.0. The van der Waals surface area contributed by atoms with Gasteiger partial charge in [0.05, 0.1) is 25.9 Å². The normalized spacial score (nSPS) is 15.3. The fourth-order valence-corrected chi connectivity index (χ4v) is 3.60. The Morgan fingerprint density at radius 2 is 1.93 bits per heavy atom. The third-order valence-electron chi connectivity index (χ3n) is 4.84. The first-order valence-electron chi connectivity index (χ1n) is 9.15. The average molecular weight is 383 g/mol. The first-order chi connectivity index (χ1) is 13.4. The number of anilines is 2. The van der Waals surface area contributed by atoms with Crippen molar-refractivity contribution < 1.29 is 19.1 Å². The van der Waals surface area contributed by atoms with Crippen LogP contribution in [0.25, 0.3) is 0 Å². The van der Waals surface area contributed by atoms with Gasteiger partial charge < -0.3 is 25.8 Å². The third-order valence-corrected chi connectivity index (χ3v) is 4.84. The minimum Gasteiger partial charge on any atom is -0.493 e. The van der Waals surface area contributed by atoms with E-state index in [2.05, 4.69) is 10.6 Å². The predicted molar refractivity (Wildman–Crippen MR) is 108 cm³/mol. The number of rotatable bonds is 5. The molecule has 0 fully saturated rings. The fraction of sp³-hybridized carbons (Fsp3) is 0.333. The van der Waals surface area contributed by atoms with Crippen molar-refractivity contribution >= 4 is 23.2 Å². The number of benzene rings is 2. The molecular weight excluding hydrogens is 358 g/mol. The van der Waals surface area contributed by atoms with Gasteiger partial charge in [-0.2, -0.15) is 0 Å². The first-order valence-corrected chi connectivity index (χ1v) is 9.15. The zero-order valence-corrected chi connectivity index (χ0v) is 16.3. The molecule has 0 saturated carbocycles. The van der Waals surface area contributed by atoms with Gasteiger partial charge in [-0.05, 0) is 54.7 Å². The van der Waals surface area contributed by atoms with E-state index in [0.717, 1.165) is 30.5 Å². The number of nitrogens with two attached hydrogens (primary N) is 1. The summed E-state index contributed by atoms with van der Waals surface area (Å²) >= 11 is 0. The minimum absolute atomic E-state index is 0.0887. The molecule has 0 aromatic heterocycles. The van der Waals surface area contributed by atoms with Crippen LogP contribution in [0, 0.1) is 0 Å². The smallest absolute Gasteiger partial charge is 0.251 e. The van der Waals surface area contributed by atoms with E-state index in [9.17, 15) is 9.59 Å². The number of nitrogen functional groups attached to an aromatic ring is 1. The second kappa shape index (κ2) is 8.21. The lowest BCUT2D eigenvalue weighted by atomic mass is 9.87. The highest BCUT2D eigenvalue weighted by atomic mass is 16.5. The lowest BCUT2D eigenvalue weighted by molar-refractivity contribution is -0.114. The Balaban J connectivity index is 1.90. The molecule has 1 aliphatic rings. The topological polar surface area (TPSA) is 103 Å². The molecule has 7 nitrogen and oxygen atoms in total. The van der Waals surface area contributed by atoms with Crippen molar-refractivity contribution in [1.29, 1.82) is 0 Å². The molecule has 148 valence electrons. The van der Waals surface area contributed by atoms with Crippen LogP contribution in [0.1, 0.15) is 47.3 Å². The highest BCUT2D eigenvalue weighted by Crippen LogP contribution is 2.37. The number of carbonyl (C=O) groups is 2. The summed E-state index contributed by atoms with van der Waals surface area (Å²) in [6, 6.07) is 8.91. The maximum Gasteiger partial charge on any atom is 0.251 e. The van der Waals surface area contributed by atoms with Crippen molar-refractivity contribution in [1.82, 2.24) is 5.32 Å². The second-order valence-corrected chi connectivity index (χ2v) is 6.82. The number of methoxy groups -OCH3 is 2. The van der Waals surface area contributed by atoms with Gasteiger partial charge in [0.1, 0.15) is 0 Å². The van der Waals surface area contributed by atoms with Crippen LogP contribution in [-0.2, 0) is 11.2 Å². The monoisotopic (exact) mass is 383 g/mol. The molecule has 28 heavy (non-hydrogen) atoms. The molecule has 1 unspecified atom stereocenters. The number of carbonyl (C=O) groups excluding carboxylic acids is 2. The average Bonchev–Trinajstić information content (AvgIpc) is 2.66. The molecule has 0 bridgehead atoms. The molecule has 2 aromatic rings. The Morgan fingerprint density at radius 3 is 2.61 bits per heavy atom. The molecule has 7 heteroatoms. The van der Waals surface area contributed by atoms with Crippen LogP contribution in [0.3, 0.4) is 0 Å². The van der Waals surface area contributed by atoms with Gasteiger partial charge in [-0.1, -0.05) is 6.07 Å². The largest absolute Gasteiger partial charge is 0.493 e. The van der Waals surface area contributed by atoms with Gasteiger partial charge in [-0.15, -0.1) is 0 Å². The number of ether oxygens (including phenoxy) is 2. The zero-order chi connectivity index (χ0) is 20.3. The minimum atomic E-state index is -0.267. The van der Waals surface area contributed by atoms with Crippen LogP contribution < -0.4 is 25.8 Å². The molecule has 2 aromatic carbocycles. The van der Waals surface area contributed by atoms with E-state index in [-0.39, 0.29) is 17.9 Å². The van der Waals surface area contributed by atoms with E-state index >= 15 is 0 Å². The molecule has 3 rings (SSSR count). The summed E-state index contributed by atoms with van der Waals surface area (Å²) < 4.78 is 10.7. The van der Waals surface area contributed by atoms with E-state index in [1.54, 1.807) is 12.1 Å².